The van der Waals surface area contributed by atoms with Gasteiger partial charge in [-0.15, -0.1) is 0 Å². The van der Waals surface area contributed by atoms with E-state index in [0.717, 1.165) is 10.9 Å². The molecule has 1 aromatic heterocycles. The highest BCUT2D eigenvalue weighted by Crippen LogP contribution is 2.25. The van der Waals surface area contributed by atoms with Crippen molar-refractivity contribution < 1.29 is 22.7 Å². The molecule has 0 saturated carbocycles. The van der Waals surface area contributed by atoms with Crippen molar-refractivity contribution in [3.8, 4) is 5.75 Å². The van der Waals surface area contributed by atoms with Crippen LogP contribution in [-0.4, -0.2) is 49.3 Å². The molecule has 0 saturated heterocycles. The summed E-state index contributed by atoms with van der Waals surface area (Å²) >= 11 is 0. The Morgan fingerprint density at radius 1 is 1.00 bits per heavy atom. The summed E-state index contributed by atoms with van der Waals surface area (Å²) in [5.74, 6) is -1.02. The van der Waals surface area contributed by atoms with E-state index in [1.807, 2.05) is 35.9 Å². The van der Waals surface area contributed by atoms with Crippen LogP contribution in [0.15, 0.2) is 53.6 Å². The summed E-state index contributed by atoms with van der Waals surface area (Å²) in [6.07, 6.45) is 1.67. The lowest BCUT2D eigenvalue weighted by Crippen LogP contribution is -2.41. The molecule has 0 bridgehead atoms. The number of sulfonamides is 1. The van der Waals surface area contributed by atoms with E-state index in [1.165, 1.54) is 29.6 Å². The highest BCUT2D eigenvalue weighted by Gasteiger charge is 2.25. The predicted octanol–water partition coefficient (Wildman–Crippen LogP) is 2.29. The van der Waals surface area contributed by atoms with Crippen molar-refractivity contribution in [3.63, 3.8) is 0 Å². The number of para-hydroxylation sites is 1. The summed E-state index contributed by atoms with van der Waals surface area (Å²) in [5, 5.41) is 0.742. The van der Waals surface area contributed by atoms with Crippen molar-refractivity contribution in [2.75, 3.05) is 20.2 Å². The summed E-state index contributed by atoms with van der Waals surface area (Å²) < 4.78 is 34.0. The summed E-state index contributed by atoms with van der Waals surface area (Å²) in [6.45, 7) is 4.07. The molecule has 0 aliphatic rings. The van der Waals surface area contributed by atoms with E-state index in [-0.39, 0.29) is 16.2 Å². The van der Waals surface area contributed by atoms with Crippen LogP contribution in [0.4, 0.5) is 0 Å². The normalized spacial score (nSPS) is 11.5. The summed E-state index contributed by atoms with van der Waals surface area (Å²) in [7, 11) is -0.572. The zero-order valence-electron chi connectivity index (χ0n) is 18.4. The number of aromatic nitrogens is 1. The van der Waals surface area contributed by atoms with Gasteiger partial charge in [-0.1, -0.05) is 32.0 Å². The number of nitrogens with one attached hydrogen (secondary N) is 2. The Labute approximate surface area is 187 Å². The zero-order valence-corrected chi connectivity index (χ0v) is 19.2. The SMILES string of the molecule is CCN(CC)S(=O)(=O)c1ccc(OC)c(C(=O)NNC(=O)c2cn(C)c3ccccc23)c1. The third-order valence-corrected chi connectivity index (χ3v) is 7.24. The van der Waals surface area contributed by atoms with Crippen molar-refractivity contribution in [1.29, 1.82) is 0 Å². The van der Waals surface area contributed by atoms with Gasteiger partial charge in [-0.2, -0.15) is 4.31 Å². The second-order valence-corrected chi connectivity index (χ2v) is 8.97. The maximum atomic E-state index is 12.8. The number of methoxy groups -OCH3 is 1. The fraction of sp³-hybridized carbons (Fsp3) is 0.273. The minimum Gasteiger partial charge on any atom is -0.496 e. The monoisotopic (exact) mass is 458 g/mol. The molecule has 2 aromatic carbocycles. The molecular formula is C22H26N4O5S. The highest BCUT2D eigenvalue weighted by molar-refractivity contribution is 7.89. The van der Waals surface area contributed by atoms with Gasteiger partial charge in [-0.25, -0.2) is 8.42 Å². The standard InChI is InChI=1S/C22H26N4O5S/c1-5-26(6-2)32(29,30)15-11-12-20(31-4)17(13-15)21(27)23-24-22(28)18-14-25(3)19-10-8-7-9-16(18)19/h7-14H,5-6H2,1-4H3,(H,23,27)(H,24,28). The number of carbonyl (C=O) groups is 2. The van der Waals surface area contributed by atoms with E-state index in [1.54, 1.807) is 20.0 Å². The molecule has 2 N–H and O–H groups in total. The van der Waals surface area contributed by atoms with Crippen molar-refractivity contribution in [2.45, 2.75) is 18.7 Å². The number of nitrogens with zero attached hydrogens (tertiary/aromatic N) is 2. The summed E-state index contributed by atoms with van der Waals surface area (Å²) in [6, 6.07) is 11.4. The third kappa shape index (κ3) is 4.32. The molecule has 0 aliphatic carbocycles. The van der Waals surface area contributed by atoms with Gasteiger partial charge >= 0.3 is 0 Å². The molecule has 1 heterocycles. The van der Waals surface area contributed by atoms with E-state index in [9.17, 15) is 18.0 Å². The Kier molecular flexibility index (Phi) is 6.85. The van der Waals surface area contributed by atoms with Crippen LogP contribution in [-0.2, 0) is 17.1 Å². The van der Waals surface area contributed by atoms with E-state index in [4.69, 9.17) is 4.74 Å². The number of hydrogen-bond donors (Lipinski definition) is 2. The van der Waals surface area contributed by atoms with E-state index in [2.05, 4.69) is 10.9 Å². The topological polar surface area (TPSA) is 110 Å². The quantitative estimate of drug-likeness (QED) is 0.528. The Morgan fingerprint density at radius 2 is 1.62 bits per heavy atom. The van der Waals surface area contributed by atoms with Gasteiger partial charge in [0.2, 0.25) is 10.0 Å². The first-order valence-corrected chi connectivity index (χ1v) is 11.5. The van der Waals surface area contributed by atoms with Gasteiger partial charge in [0.15, 0.2) is 0 Å². The molecule has 0 spiro atoms. The lowest BCUT2D eigenvalue weighted by molar-refractivity contribution is 0.0845. The summed E-state index contributed by atoms with van der Waals surface area (Å²) in [5.41, 5.74) is 5.99. The molecular weight excluding hydrogens is 432 g/mol. The molecule has 0 unspecified atom stereocenters. The van der Waals surface area contributed by atoms with Crippen LogP contribution in [0.3, 0.4) is 0 Å². The lowest BCUT2D eigenvalue weighted by Gasteiger charge is -2.19. The number of aryl methyl sites for hydroxylation is 1. The number of fused-ring (bicyclic) bond motifs is 1. The van der Waals surface area contributed by atoms with Gasteiger partial charge in [-0.05, 0) is 24.3 Å². The molecule has 10 heteroatoms. The van der Waals surface area contributed by atoms with Crippen LogP contribution >= 0.6 is 0 Å². The van der Waals surface area contributed by atoms with Gasteiger partial charge in [0, 0.05) is 37.2 Å². The fourth-order valence-electron chi connectivity index (χ4n) is 3.51. The average molecular weight is 459 g/mol. The minimum absolute atomic E-state index is 0.0149. The van der Waals surface area contributed by atoms with Crippen LogP contribution in [0.2, 0.25) is 0 Å². The van der Waals surface area contributed by atoms with E-state index in [0.29, 0.717) is 18.7 Å². The Bertz CT molecular complexity index is 1260. The first kappa shape index (κ1) is 23.3. The summed E-state index contributed by atoms with van der Waals surface area (Å²) in [4.78, 5) is 25.4. The Hall–Kier alpha value is -3.37. The first-order chi connectivity index (χ1) is 15.2. The van der Waals surface area contributed by atoms with Gasteiger partial charge in [-0.3, -0.25) is 20.4 Å². The van der Waals surface area contributed by atoms with E-state index < -0.39 is 21.8 Å². The first-order valence-electron chi connectivity index (χ1n) is 10.1. The van der Waals surface area contributed by atoms with Crippen molar-refractivity contribution >= 4 is 32.7 Å². The van der Waals surface area contributed by atoms with E-state index >= 15 is 0 Å². The predicted molar refractivity (Wildman–Crippen MR) is 121 cm³/mol. The molecule has 0 aliphatic heterocycles. The number of hydrazine groups is 1. The van der Waals surface area contributed by atoms with Crippen LogP contribution in [0, 0.1) is 0 Å². The molecule has 3 aromatic rings. The van der Waals surface area contributed by atoms with Crippen LogP contribution in [0.1, 0.15) is 34.6 Å². The Morgan fingerprint density at radius 3 is 2.25 bits per heavy atom. The number of hydrogen-bond acceptors (Lipinski definition) is 5. The molecule has 0 fully saturated rings. The largest absolute Gasteiger partial charge is 0.496 e. The van der Waals surface area contributed by atoms with Gasteiger partial charge in [0.1, 0.15) is 5.75 Å². The maximum Gasteiger partial charge on any atom is 0.273 e. The van der Waals surface area contributed by atoms with Gasteiger partial charge < -0.3 is 9.30 Å². The van der Waals surface area contributed by atoms with Gasteiger partial charge in [0.05, 0.1) is 23.1 Å². The van der Waals surface area contributed by atoms with Crippen molar-refractivity contribution in [1.82, 2.24) is 19.7 Å². The van der Waals surface area contributed by atoms with Crippen LogP contribution < -0.4 is 15.6 Å². The van der Waals surface area contributed by atoms with Crippen LogP contribution in [0.5, 0.6) is 5.75 Å². The number of carbonyl (C=O) groups excluding carboxylic acids is 2. The smallest absolute Gasteiger partial charge is 0.273 e. The second kappa shape index (κ2) is 9.41. The second-order valence-electron chi connectivity index (χ2n) is 7.03. The lowest BCUT2D eigenvalue weighted by atomic mass is 10.1. The molecule has 0 radical (unpaired) electrons. The number of ether oxygens (including phenoxy) is 1. The maximum absolute atomic E-state index is 12.8. The molecule has 170 valence electrons. The molecule has 9 nitrogen and oxygen atoms in total. The molecule has 3 rings (SSSR count). The molecule has 0 atom stereocenters. The highest BCUT2D eigenvalue weighted by atomic mass is 32.2. The minimum atomic E-state index is -3.77. The van der Waals surface area contributed by atoms with Crippen molar-refractivity contribution in [2.24, 2.45) is 7.05 Å². The van der Waals surface area contributed by atoms with Gasteiger partial charge in [0.25, 0.3) is 11.8 Å². The Balaban J connectivity index is 1.85. The third-order valence-electron chi connectivity index (χ3n) is 5.19. The molecule has 2 amide bonds. The number of amides is 2. The average Bonchev–Trinajstić information content (AvgIpc) is 3.14. The molecule has 32 heavy (non-hydrogen) atoms. The number of rotatable bonds is 7. The van der Waals surface area contributed by atoms with Crippen LogP contribution in [0.25, 0.3) is 10.9 Å². The zero-order chi connectivity index (χ0) is 23.5. The number of benzene rings is 2. The van der Waals surface area contributed by atoms with Crippen molar-refractivity contribution in [3.05, 3.63) is 59.8 Å². The fourth-order valence-corrected chi connectivity index (χ4v) is 4.99.